The molecule has 0 spiro atoms. The summed E-state index contributed by atoms with van der Waals surface area (Å²) in [5.74, 6) is 1.39. The summed E-state index contributed by atoms with van der Waals surface area (Å²) in [6.45, 7) is 9.68. The Kier molecular flexibility index (Phi) is 5.11. The molecule has 0 radical (unpaired) electrons. The SMILES string of the molecule is Cc1cc(C(C)(O)CNC(=O)NCc2nc(C)c(C)s2)c(C)o1. The molecular formula is C16H23N3O3S. The Morgan fingerprint density at radius 1 is 1.35 bits per heavy atom. The van der Waals surface area contributed by atoms with Gasteiger partial charge in [-0.1, -0.05) is 0 Å². The summed E-state index contributed by atoms with van der Waals surface area (Å²) in [6, 6.07) is 1.45. The van der Waals surface area contributed by atoms with Crippen LogP contribution in [0.1, 0.15) is 39.6 Å². The molecule has 2 aromatic rings. The molecule has 7 heteroatoms. The highest BCUT2D eigenvalue weighted by Crippen LogP contribution is 2.26. The average molecular weight is 337 g/mol. The van der Waals surface area contributed by atoms with Crippen LogP contribution in [0, 0.1) is 27.7 Å². The topological polar surface area (TPSA) is 87.4 Å². The van der Waals surface area contributed by atoms with Crippen LogP contribution < -0.4 is 10.6 Å². The van der Waals surface area contributed by atoms with Crippen molar-refractivity contribution in [1.29, 1.82) is 0 Å². The highest BCUT2D eigenvalue weighted by molar-refractivity contribution is 7.11. The smallest absolute Gasteiger partial charge is 0.315 e. The zero-order valence-electron chi connectivity index (χ0n) is 14.1. The number of furan rings is 1. The van der Waals surface area contributed by atoms with Gasteiger partial charge in [-0.15, -0.1) is 11.3 Å². The Labute approximate surface area is 139 Å². The van der Waals surface area contributed by atoms with Crippen LogP contribution in [-0.4, -0.2) is 22.7 Å². The van der Waals surface area contributed by atoms with Gasteiger partial charge in [-0.25, -0.2) is 9.78 Å². The van der Waals surface area contributed by atoms with Crippen LogP contribution in [0.15, 0.2) is 10.5 Å². The Morgan fingerprint density at radius 2 is 2.04 bits per heavy atom. The van der Waals surface area contributed by atoms with E-state index in [0.29, 0.717) is 17.9 Å². The van der Waals surface area contributed by atoms with Gasteiger partial charge in [0.1, 0.15) is 22.1 Å². The van der Waals surface area contributed by atoms with Crippen LogP contribution in [0.5, 0.6) is 0 Å². The Hall–Kier alpha value is -1.86. The summed E-state index contributed by atoms with van der Waals surface area (Å²) in [4.78, 5) is 17.4. The number of carbonyl (C=O) groups is 1. The predicted molar refractivity (Wildman–Crippen MR) is 89.6 cm³/mol. The molecular weight excluding hydrogens is 314 g/mol. The van der Waals surface area contributed by atoms with Gasteiger partial charge in [0.05, 0.1) is 18.8 Å². The second-order valence-electron chi connectivity index (χ2n) is 5.89. The summed E-state index contributed by atoms with van der Waals surface area (Å²) >= 11 is 1.57. The van der Waals surface area contributed by atoms with Crippen LogP contribution in [-0.2, 0) is 12.1 Å². The highest BCUT2D eigenvalue weighted by Gasteiger charge is 2.28. The van der Waals surface area contributed by atoms with Crippen LogP contribution in [0.4, 0.5) is 4.79 Å². The van der Waals surface area contributed by atoms with E-state index in [-0.39, 0.29) is 12.6 Å². The zero-order valence-corrected chi connectivity index (χ0v) is 14.9. The van der Waals surface area contributed by atoms with Gasteiger partial charge < -0.3 is 20.2 Å². The van der Waals surface area contributed by atoms with Gasteiger partial charge in [0.2, 0.25) is 0 Å². The first-order valence-corrected chi connectivity index (χ1v) is 8.25. The van der Waals surface area contributed by atoms with Gasteiger partial charge in [-0.3, -0.25) is 0 Å². The maximum atomic E-state index is 11.9. The third kappa shape index (κ3) is 4.33. The van der Waals surface area contributed by atoms with Crippen molar-refractivity contribution in [2.24, 2.45) is 0 Å². The average Bonchev–Trinajstić information content (AvgIpc) is 2.97. The fourth-order valence-corrected chi connectivity index (χ4v) is 3.22. The van der Waals surface area contributed by atoms with E-state index in [4.69, 9.17) is 4.42 Å². The van der Waals surface area contributed by atoms with Crippen molar-refractivity contribution in [1.82, 2.24) is 15.6 Å². The number of carbonyl (C=O) groups excluding carboxylic acids is 1. The maximum Gasteiger partial charge on any atom is 0.315 e. The van der Waals surface area contributed by atoms with Crippen molar-refractivity contribution in [2.45, 2.75) is 46.8 Å². The number of hydrogen-bond acceptors (Lipinski definition) is 5. The minimum Gasteiger partial charge on any atom is -0.466 e. The molecule has 2 aromatic heterocycles. The Bertz CT molecular complexity index is 684. The van der Waals surface area contributed by atoms with Crippen LogP contribution >= 0.6 is 11.3 Å². The first-order valence-electron chi connectivity index (χ1n) is 7.43. The molecule has 0 fully saturated rings. The molecule has 0 saturated heterocycles. The lowest BCUT2D eigenvalue weighted by molar-refractivity contribution is 0.0579. The number of nitrogens with zero attached hydrogens (tertiary/aromatic N) is 1. The number of thiazole rings is 1. The Balaban J connectivity index is 1.87. The van der Waals surface area contributed by atoms with Gasteiger partial charge >= 0.3 is 6.03 Å². The van der Waals surface area contributed by atoms with Gasteiger partial charge in [0, 0.05) is 10.4 Å². The van der Waals surface area contributed by atoms with Crippen molar-refractivity contribution >= 4 is 17.4 Å². The maximum absolute atomic E-state index is 11.9. The van der Waals surface area contributed by atoms with Crippen molar-refractivity contribution in [3.63, 3.8) is 0 Å². The summed E-state index contributed by atoms with van der Waals surface area (Å²) in [7, 11) is 0. The minimum atomic E-state index is -1.19. The largest absolute Gasteiger partial charge is 0.466 e. The van der Waals surface area contributed by atoms with Crippen molar-refractivity contribution in [3.8, 4) is 0 Å². The first-order chi connectivity index (χ1) is 10.7. The zero-order chi connectivity index (χ0) is 17.2. The molecule has 2 heterocycles. The number of aryl methyl sites for hydroxylation is 4. The van der Waals surface area contributed by atoms with Gasteiger partial charge in [-0.05, 0) is 40.7 Å². The monoisotopic (exact) mass is 337 g/mol. The van der Waals surface area contributed by atoms with E-state index < -0.39 is 5.60 Å². The number of hydrogen-bond donors (Lipinski definition) is 3. The molecule has 0 saturated carbocycles. The van der Waals surface area contributed by atoms with Gasteiger partial charge in [-0.2, -0.15) is 0 Å². The number of amides is 2. The molecule has 0 bridgehead atoms. The third-order valence-electron chi connectivity index (χ3n) is 3.69. The fourth-order valence-electron chi connectivity index (χ4n) is 2.35. The van der Waals surface area contributed by atoms with Crippen LogP contribution in [0.25, 0.3) is 0 Å². The molecule has 0 aliphatic rings. The van der Waals surface area contributed by atoms with Crippen molar-refractivity contribution < 1.29 is 14.3 Å². The van der Waals surface area contributed by atoms with E-state index in [0.717, 1.165) is 21.3 Å². The second-order valence-corrected chi connectivity index (χ2v) is 7.17. The number of rotatable bonds is 5. The molecule has 2 amide bonds. The number of nitrogens with one attached hydrogen (secondary N) is 2. The van der Waals surface area contributed by atoms with E-state index in [1.54, 1.807) is 31.3 Å². The van der Waals surface area contributed by atoms with E-state index in [9.17, 15) is 9.90 Å². The summed E-state index contributed by atoms with van der Waals surface area (Å²) in [6.07, 6.45) is 0. The lowest BCUT2D eigenvalue weighted by atomic mass is 9.96. The van der Waals surface area contributed by atoms with E-state index in [2.05, 4.69) is 15.6 Å². The number of aromatic nitrogens is 1. The lowest BCUT2D eigenvalue weighted by Gasteiger charge is -2.23. The lowest BCUT2D eigenvalue weighted by Crippen LogP contribution is -2.43. The van der Waals surface area contributed by atoms with Crippen LogP contribution in [0.3, 0.4) is 0 Å². The quantitative estimate of drug-likeness (QED) is 0.783. The standard InChI is InChI=1S/C16H23N3O3S/c1-9-6-13(11(3)22-9)16(5,21)8-18-15(20)17-7-14-19-10(2)12(4)23-14/h6,21H,7-8H2,1-5H3,(H2,17,18,20). The van der Waals surface area contributed by atoms with Gasteiger partial charge in [0.25, 0.3) is 0 Å². The molecule has 0 aromatic carbocycles. The number of aliphatic hydroxyl groups is 1. The summed E-state index contributed by atoms with van der Waals surface area (Å²) < 4.78 is 5.43. The van der Waals surface area contributed by atoms with Crippen molar-refractivity contribution in [2.75, 3.05) is 6.54 Å². The van der Waals surface area contributed by atoms with Crippen molar-refractivity contribution in [3.05, 3.63) is 38.7 Å². The molecule has 0 aliphatic carbocycles. The molecule has 1 unspecified atom stereocenters. The fraction of sp³-hybridized carbons (Fsp3) is 0.500. The third-order valence-corrected chi connectivity index (χ3v) is 4.76. The normalized spacial score (nSPS) is 13.7. The van der Waals surface area contributed by atoms with Gasteiger partial charge in [0.15, 0.2) is 0 Å². The van der Waals surface area contributed by atoms with E-state index in [1.165, 1.54) is 0 Å². The van der Waals surface area contributed by atoms with Crippen LogP contribution in [0.2, 0.25) is 0 Å². The highest BCUT2D eigenvalue weighted by atomic mass is 32.1. The molecule has 2 rings (SSSR count). The molecule has 0 aliphatic heterocycles. The first kappa shape index (κ1) is 17.5. The molecule has 6 nitrogen and oxygen atoms in total. The number of urea groups is 1. The second kappa shape index (κ2) is 6.72. The molecule has 23 heavy (non-hydrogen) atoms. The predicted octanol–water partition coefficient (Wildman–Crippen LogP) is 2.68. The molecule has 126 valence electrons. The summed E-state index contributed by atoms with van der Waals surface area (Å²) in [5.41, 5.74) is 0.482. The molecule has 1 atom stereocenters. The van der Waals surface area contributed by atoms with E-state index in [1.807, 2.05) is 20.8 Å². The molecule has 3 N–H and O–H groups in total. The Morgan fingerprint density at radius 3 is 2.57 bits per heavy atom. The van der Waals surface area contributed by atoms with E-state index >= 15 is 0 Å². The summed E-state index contributed by atoms with van der Waals surface area (Å²) in [5, 5.41) is 16.8. The minimum absolute atomic E-state index is 0.0918.